The molecule has 0 amide bonds. The van der Waals surface area contributed by atoms with Crippen molar-refractivity contribution < 1.29 is 17.6 Å². The molecule has 21 heavy (non-hydrogen) atoms. The highest BCUT2D eigenvalue weighted by atomic mass is 32.2. The van der Waals surface area contributed by atoms with E-state index in [0.29, 0.717) is 26.2 Å². The van der Waals surface area contributed by atoms with Crippen LogP contribution in [0.25, 0.3) is 0 Å². The molecule has 6 nitrogen and oxygen atoms in total. The number of ether oxygens (including phenoxy) is 1. The predicted octanol–water partition coefficient (Wildman–Crippen LogP) is 0.823. The summed E-state index contributed by atoms with van der Waals surface area (Å²) in [7, 11) is -3.15. The largest absolute Gasteiger partial charge is 0.465 e. The maximum absolute atomic E-state index is 12.0. The van der Waals surface area contributed by atoms with Crippen LogP contribution in [0.4, 0.5) is 0 Å². The monoisotopic (exact) mass is 314 g/mol. The summed E-state index contributed by atoms with van der Waals surface area (Å²) in [6, 6.07) is 4.05. The Balaban J connectivity index is 1.72. The third kappa shape index (κ3) is 3.01. The number of nitrogens with zero attached hydrogens (tertiary/aromatic N) is 2. The molecule has 1 aromatic rings. The van der Waals surface area contributed by atoms with Gasteiger partial charge in [-0.15, -0.1) is 0 Å². The number of rotatable bonds is 4. The standard InChI is InChI=1S/C14H22N2O4S/c1-3-21(17,18)16-9-13-14(10-16)19-7-6-15(13)8-12-5-4-11(2)20-12/h4-5,13-14H,3,6-10H2,1-2H3/t13-,14+/m0/s1. The molecule has 2 fully saturated rings. The van der Waals surface area contributed by atoms with Crippen LogP contribution in [-0.4, -0.2) is 61.8 Å². The van der Waals surface area contributed by atoms with E-state index in [2.05, 4.69) is 4.90 Å². The SMILES string of the molecule is CCS(=O)(=O)N1C[C@H]2OCCN(Cc3ccc(C)o3)[C@H]2C1. The zero-order valence-electron chi connectivity index (χ0n) is 12.5. The topological polar surface area (TPSA) is 63.0 Å². The maximum Gasteiger partial charge on any atom is 0.213 e. The maximum atomic E-state index is 12.0. The fraction of sp³-hybridized carbons (Fsp3) is 0.714. The van der Waals surface area contributed by atoms with Crippen molar-refractivity contribution in [3.8, 4) is 0 Å². The van der Waals surface area contributed by atoms with E-state index in [9.17, 15) is 8.42 Å². The second-order valence-corrected chi connectivity index (χ2v) is 7.93. The Morgan fingerprint density at radius 2 is 2.14 bits per heavy atom. The van der Waals surface area contributed by atoms with Gasteiger partial charge in [0.15, 0.2) is 0 Å². The van der Waals surface area contributed by atoms with Crippen molar-refractivity contribution in [3.63, 3.8) is 0 Å². The Morgan fingerprint density at radius 1 is 1.33 bits per heavy atom. The molecule has 0 spiro atoms. The third-order valence-electron chi connectivity index (χ3n) is 4.30. The van der Waals surface area contributed by atoms with Gasteiger partial charge in [-0.25, -0.2) is 8.42 Å². The van der Waals surface area contributed by atoms with Gasteiger partial charge in [0, 0.05) is 19.6 Å². The van der Waals surface area contributed by atoms with E-state index in [4.69, 9.17) is 9.15 Å². The van der Waals surface area contributed by atoms with Crippen LogP contribution in [0, 0.1) is 6.92 Å². The van der Waals surface area contributed by atoms with E-state index in [0.717, 1.165) is 18.1 Å². The van der Waals surface area contributed by atoms with Gasteiger partial charge in [0.05, 0.1) is 31.1 Å². The van der Waals surface area contributed by atoms with Crippen LogP contribution in [0.1, 0.15) is 18.4 Å². The van der Waals surface area contributed by atoms with Crippen molar-refractivity contribution in [3.05, 3.63) is 23.7 Å². The van der Waals surface area contributed by atoms with E-state index in [1.54, 1.807) is 11.2 Å². The van der Waals surface area contributed by atoms with Gasteiger partial charge in [-0.05, 0) is 26.0 Å². The minimum atomic E-state index is -3.15. The highest BCUT2D eigenvalue weighted by Crippen LogP contribution is 2.26. The average molecular weight is 314 g/mol. The summed E-state index contributed by atoms with van der Waals surface area (Å²) in [5.41, 5.74) is 0. The van der Waals surface area contributed by atoms with Crippen LogP contribution in [-0.2, 0) is 21.3 Å². The lowest BCUT2D eigenvalue weighted by atomic mass is 10.1. The molecule has 0 N–H and O–H groups in total. The zero-order valence-corrected chi connectivity index (χ0v) is 13.3. The van der Waals surface area contributed by atoms with E-state index in [1.807, 2.05) is 19.1 Å². The van der Waals surface area contributed by atoms with Gasteiger partial charge >= 0.3 is 0 Å². The van der Waals surface area contributed by atoms with Gasteiger partial charge in [-0.3, -0.25) is 4.90 Å². The summed E-state index contributed by atoms with van der Waals surface area (Å²) in [4.78, 5) is 2.28. The van der Waals surface area contributed by atoms with Crippen LogP contribution in [0.5, 0.6) is 0 Å². The molecule has 118 valence electrons. The van der Waals surface area contributed by atoms with Crippen molar-refractivity contribution in [1.82, 2.24) is 9.21 Å². The van der Waals surface area contributed by atoms with E-state index < -0.39 is 10.0 Å². The van der Waals surface area contributed by atoms with Crippen LogP contribution in [0.2, 0.25) is 0 Å². The number of hydrogen-bond donors (Lipinski definition) is 0. The molecule has 3 rings (SSSR count). The highest BCUT2D eigenvalue weighted by molar-refractivity contribution is 7.89. The summed E-state index contributed by atoms with van der Waals surface area (Å²) >= 11 is 0. The Morgan fingerprint density at radius 3 is 2.81 bits per heavy atom. The molecule has 1 aromatic heterocycles. The summed E-state index contributed by atoms with van der Waals surface area (Å²) in [5, 5.41) is 0. The first kappa shape index (κ1) is 15.0. The van der Waals surface area contributed by atoms with Crippen molar-refractivity contribution >= 4 is 10.0 Å². The van der Waals surface area contributed by atoms with Gasteiger partial charge in [-0.1, -0.05) is 0 Å². The molecule has 7 heteroatoms. The lowest BCUT2D eigenvalue weighted by Crippen LogP contribution is -2.50. The summed E-state index contributed by atoms with van der Waals surface area (Å²) in [6.45, 7) is 6.74. The molecule has 0 saturated carbocycles. The highest BCUT2D eigenvalue weighted by Gasteiger charge is 2.43. The van der Waals surface area contributed by atoms with Crippen molar-refractivity contribution in [2.24, 2.45) is 0 Å². The van der Waals surface area contributed by atoms with Crippen molar-refractivity contribution in [2.45, 2.75) is 32.5 Å². The van der Waals surface area contributed by atoms with Gasteiger partial charge in [-0.2, -0.15) is 4.31 Å². The first-order valence-electron chi connectivity index (χ1n) is 7.38. The Hall–Kier alpha value is -0.890. The Kier molecular flexibility index (Phi) is 4.09. The van der Waals surface area contributed by atoms with Gasteiger partial charge in [0.2, 0.25) is 10.0 Å². The molecule has 0 unspecified atom stereocenters. The average Bonchev–Trinajstić information content (AvgIpc) is 3.06. The minimum absolute atomic E-state index is 0.0314. The number of hydrogen-bond acceptors (Lipinski definition) is 5. The van der Waals surface area contributed by atoms with Crippen LogP contribution in [0.15, 0.2) is 16.5 Å². The molecular formula is C14H22N2O4S. The first-order chi connectivity index (χ1) is 9.99. The third-order valence-corrected chi connectivity index (χ3v) is 6.11. The van der Waals surface area contributed by atoms with Crippen LogP contribution >= 0.6 is 0 Å². The van der Waals surface area contributed by atoms with Crippen molar-refractivity contribution in [1.29, 1.82) is 0 Å². The molecule has 2 aliphatic heterocycles. The molecule has 2 saturated heterocycles. The summed E-state index contributed by atoms with van der Waals surface area (Å²) in [5.74, 6) is 1.96. The molecule has 0 aromatic carbocycles. The normalized spacial score (nSPS) is 27.9. The van der Waals surface area contributed by atoms with E-state index in [-0.39, 0.29) is 17.9 Å². The molecule has 0 bridgehead atoms. The molecule has 0 aliphatic carbocycles. The molecule has 3 heterocycles. The summed E-state index contributed by atoms with van der Waals surface area (Å²) in [6.07, 6.45) is -0.0314. The molecule has 0 radical (unpaired) electrons. The fourth-order valence-electron chi connectivity index (χ4n) is 3.10. The van der Waals surface area contributed by atoms with E-state index >= 15 is 0 Å². The molecule has 2 aliphatic rings. The number of furan rings is 1. The van der Waals surface area contributed by atoms with E-state index in [1.165, 1.54) is 0 Å². The Bertz CT molecular complexity index is 598. The van der Waals surface area contributed by atoms with Gasteiger partial charge < -0.3 is 9.15 Å². The number of fused-ring (bicyclic) bond motifs is 1. The van der Waals surface area contributed by atoms with Gasteiger partial charge in [0.1, 0.15) is 11.5 Å². The number of sulfonamides is 1. The quantitative estimate of drug-likeness (QED) is 0.823. The number of morpholine rings is 1. The van der Waals surface area contributed by atoms with Crippen LogP contribution < -0.4 is 0 Å². The minimum Gasteiger partial charge on any atom is -0.465 e. The Labute approximate surface area is 125 Å². The van der Waals surface area contributed by atoms with Crippen molar-refractivity contribution in [2.75, 3.05) is 32.0 Å². The molecule has 2 atom stereocenters. The fourth-order valence-corrected chi connectivity index (χ4v) is 4.22. The lowest BCUT2D eigenvalue weighted by Gasteiger charge is -2.36. The lowest BCUT2D eigenvalue weighted by molar-refractivity contribution is -0.0521. The first-order valence-corrected chi connectivity index (χ1v) is 8.99. The second kappa shape index (κ2) is 5.72. The zero-order chi connectivity index (χ0) is 15.0. The predicted molar refractivity (Wildman–Crippen MR) is 78.4 cm³/mol. The second-order valence-electron chi connectivity index (χ2n) is 5.68. The van der Waals surface area contributed by atoms with Crippen LogP contribution in [0.3, 0.4) is 0 Å². The van der Waals surface area contributed by atoms with Gasteiger partial charge in [0.25, 0.3) is 0 Å². The molecular weight excluding hydrogens is 292 g/mol. The summed E-state index contributed by atoms with van der Waals surface area (Å²) < 4.78 is 37.1. The smallest absolute Gasteiger partial charge is 0.213 e. The number of aryl methyl sites for hydroxylation is 1.